The Morgan fingerprint density at radius 2 is 1.50 bits per heavy atom. The lowest BCUT2D eigenvalue weighted by Gasteiger charge is -2.19. The number of rotatable bonds is 6. The quantitative estimate of drug-likeness (QED) is 0.657. The molecule has 0 aromatic rings. The van der Waals surface area contributed by atoms with Crippen LogP contribution in [0.25, 0.3) is 0 Å². The Bertz CT molecular complexity index is 204. The fourth-order valence-electron chi connectivity index (χ4n) is 1.44. The second-order valence-corrected chi connectivity index (χ2v) is 4.50. The summed E-state index contributed by atoms with van der Waals surface area (Å²) in [6.07, 6.45) is 0.955. The van der Waals surface area contributed by atoms with E-state index in [2.05, 4.69) is 0 Å². The number of carbonyl (C=O) groups excluding carboxylic acids is 2. The van der Waals surface area contributed by atoms with Gasteiger partial charge in [0, 0.05) is 24.7 Å². The van der Waals surface area contributed by atoms with Crippen molar-refractivity contribution in [3.8, 4) is 0 Å². The summed E-state index contributed by atoms with van der Waals surface area (Å²) in [6, 6.07) is 0. The number of carbonyl (C=O) groups is 2. The molecule has 0 aliphatic rings. The van der Waals surface area contributed by atoms with Crippen molar-refractivity contribution < 1.29 is 9.59 Å². The molecule has 0 rings (SSSR count). The molecule has 0 aliphatic heterocycles. The summed E-state index contributed by atoms with van der Waals surface area (Å²) in [7, 11) is 0. The van der Waals surface area contributed by atoms with Crippen molar-refractivity contribution in [2.75, 3.05) is 0 Å². The van der Waals surface area contributed by atoms with Gasteiger partial charge in [0.15, 0.2) is 0 Å². The van der Waals surface area contributed by atoms with Gasteiger partial charge in [-0.05, 0) is 5.92 Å². The number of ketones is 2. The highest BCUT2D eigenvalue weighted by molar-refractivity contribution is 5.88. The molecular weight excluding hydrogens is 176 g/mol. The molecule has 0 N–H and O–H groups in total. The summed E-state index contributed by atoms with van der Waals surface area (Å²) in [5.74, 6) is 0.653. The van der Waals surface area contributed by atoms with Crippen molar-refractivity contribution in [1.82, 2.24) is 0 Å². The predicted octanol–water partition coefficient (Wildman–Crippen LogP) is 2.85. The average molecular weight is 198 g/mol. The fraction of sp³-hybridized carbons (Fsp3) is 0.833. The normalized spacial score (nSPS) is 13.4. The van der Waals surface area contributed by atoms with Crippen molar-refractivity contribution in [2.24, 2.45) is 17.8 Å². The van der Waals surface area contributed by atoms with Gasteiger partial charge in [-0.2, -0.15) is 0 Å². The first kappa shape index (κ1) is 13.3. The average Bonchev–Trinajstić information content (AvgIpc) is 2.11. The first-order valence-corrected chi connectivity index (χ1v) is 5.45. The standard InChI is InChI=1S/C12H22O2/c1-6-11(13)10(8(2)3)7-12(14)9(4)5/h8-10H,6-7H2,1-5H3. The molecule has 0 heterocycles. The molecule has 0 aromatic heterocycles. The highest BCUT2D eigenvalue weighted by Gasteiger charge is 2.24. The molecular formula is C12H22O2. The van der Waals surface area contributed by atoms with Crippen molar-refractivity contribution in [3.05, 3.63) is 0 Å². The Morgan fingerprint density at radius 1 is 1.00 bits per heavy atom. The minimum atomic E-state index is -0.0742. The van der Waals surface area contributed by atoms with E-state index < -0.39 is 0 Å². The molecule has 82 valence electrons. The van der Waals surface area contributed by atoms with Crippen LogP contribution in [0.3, 0.4) is 0 Å². The molecule has 0 fully saturated rings. The molecule has 0 amide bonds. The zero-order chi connectivity index (χ0) is 11.3. The van der Waals surface area contributed by atoms with E-state index in [0.29, 0.717) is 12.8 Å². The molecule has 1 atom stereocenters. The van der Waals surface area contributed by atoms with Crippen LogP contribution in [0.2, 0.25) is 0 Å². The van der Waals surface area contributed by atoms with Crippen LogP contribution in [0.4, 0.5) is 0 Å². The number of Topliss-reactive ketones (excluding diaryl/α,β-unsaturated/α-hetero) is 2. The van der Waals surface area contributed by atoms with E-state index in [1.54, 1.807) is 0 Å². The van der Waals surface area contributed by atoms with Crippen LogP contribution in [0, 0.1) is 17.8 Å². The zero-order valence-corrected chi connectivity index (χ0v) is 9.96. The summed E-state index contributed by atoms with van der Waals surface area (Å²) in [5.41, 5.74) is 0. The molecule has 0 radical (unpaired) electrons. The van der Waals surface area contributed by atoms with Crippen molar-refractivity contribution in [2.45, 2.75) is 47.5 Å². The fourth-order valence-corrected chi connectivity index (χ4v) is 1.44. The third-order valence-electron chi connectivity index (χ3n) is 2.63. The topological polar surface area (TPSA) is 34.1 Å². The van der Waals surface area contributed by atoms with Crippen molar-refractivity contribution >= 4 is 11.6 Å². The number of hydrogen-bond acceptors (Lipinski definition) is 2. The third-order valence-corrected chi connectivity index (χ3v) is 2.63. The molecule has 1 unspecified atom stereocenters. The summed E-state index contributed by atoms with van der Waals surface area (Å²) >= 11 is 0. The Kier molecular flexibility index (Phi) is 5.66. The second-order valence-electron chi connectivity index (χ2n) is 4.50. The van der Waals surface area contributed by atoms with E-state index in [1.807, 2.05) is 34.6 Å². The van der Waals surface area contributed by atoms with Crippen LogP contribution < -0.4 is 0 Å². The van der Waals surface area contributed by atoms with E-state index in [4.69, 9.17) is 0 Å². The Hall–Kier alpha value is -0.660. The minimum absolute atomic E-state index is 0.0425. The van der Waals surface area contributed by atoms with Gasteiger partial charge in [-0.15, -0.1) is 0 Å². The van der Waals surface area contributed by atoms with Crippen LogP contribution in [-0.4, -0.2) is 11.6 Å². The van der Waals surface area contributed by atoms with E-state index >= 15 is 0 Å². The van der Waals surface area contributed by atoms with Gasteiger partial charge in [0.25, 0.3) is 0 Å². The molecule has 0 aromatic carbocycles. The van der Waals surface area contributed by atoms with Crippen LogP contribution in [0.5, 0.6) is 0 Å². The first-order chi connectivity index (χ1) is 6.40. The molecule has 0 saturated heterocycles. The Balaban J connectivity index is 4.38. The SMILES string of the molecule is CCC(=O)C(CC(=O)C(C)C)C(C)C. The monoisotopic (exact) mass is 198 g/mol. The van der Waals surface area contributed by atoms with Gasteiger partial charge in [0.2, 0.25) is 0 Å². The van der Waals surface area contributed by atoms with E-state index in [1.165, 1.54) is 0 Å². The van der Waals surface area contributed by atoms with Crippen LogP contribution >= 0.6 is 0 Å². The predicted molar refractivity (Wildman–Crippen MR) is 58.1 cm³/mol. The molecule has 0 spiro atoms. The van der Waals surface area contributed by atoms with Gasteiger partial charge in [0.1, 0.15) is 11.6 Å². The van der Waals surface area contributed by atoms with E-state index in [-0.39, 0.29) is 29.3 Å². The minimum Gasteiger partial charge on any atom is -0.299 e. The Labute approximate surface area is 87.1 Å². The summed E-state index contributed by atoms with van der Waals surface area (Å²) in [5, 5.41) is 0. The summed E-state index contributed by atoms with van der Waals surface area (Å²) < 4.78 is 0. The maximum Gasteiger partial charge on any atom is 0.136 e. The van der Waals surface area contributed by atoms with Crippen molar-refractivity contribution in [1.29, 1.82) is 0 Å². The van der Waals surface area contributed by atoms with Gasteiger partial charge < -0.3 is 0 Å². The van der Waals surface area contributed by atoms with Crippen molar-refractivity contribution in [3.63, 3.8) is 0 Å². The maximum absolute atomic E-state index is 11.6. The highest BCUT2D eigenvalue weighted by atomic mass is 16.1. The lowest BCUT2D eigenvalue weighted by molar-refractivity contribution is -0.130. The van der Waals surface area contributed by atoms with Gasteiger partial charge in [-0.3, -0.25) is 9.59 Å². The maximum atomic E-state index is 11.6. The third kappa shape index (κ3) is 4.03. The van der Waals surface area contributed by atoms with Gasteiger partial charge >= 0.3 is 0 Å². The van der Waals surface area contributed by atoms with Gasteiger partial charge in [0.05, 0.1) is 0 Å². The van der Waals surface area contributed by atoms with Crippen LogP contribution in [-0.2, 0) is 9.59 Å². The smallest absolute Gasteiger partial charge is 0.136 e. The number of hydrogen-bond donors (Lipinski definition) is 0. The second kappa shape index (κ2) is 5.94. The molecule has 0 bridgehead atoms. The van der Waals surface area contributed by atoms with E-state index in [9.17, 15) is 9.59 Å². The Morgan fingerprint density at radius 3 is 1.79 bits per heavy atom. The van der Waals surface area contributed by atoms with Crippen LogP contribution in [0.15, 0.2) is 0 Å². The first-order valence-electron chi connectivity index (χ1n) is 5.45. The van der Waals surface area contributed by atoms with Gasteiger partial charge in [-0.1, -0.05) is 34.6 Å². The van der Waals surface area contributed by atoms with Crippen LogP contribution in [0.1, 0.15) is 47.5 Å². The highest BCUT2D eigenvalue weighted by Crippen LogP contribution is 2.20. The molecule has 0 saturated carbocycles. The molecule has 0 aliphatic carbocycles. The van der Waals surface area contributed by atoms with E-state index in [0.717, 1.165) is 0 Å². The molecule has 2 heteroatoms. The summed E-state index contributed by atoms with van der Waals surface area (Å²) in [6.45, 7) is 9.64. The lowest BCUT2D eigenvalue weighted by atomic mass is 9.84. The lowest BCUT2D eigenvalue weighted by Crippen LogP contribution is -2.24. The summed E-state index contributed by atoms with van der Waals surface area (Å²) in [4.78, 5) is 23.1. The largest absolute Gasteiger partial charge is 0.299 e. The molecule has 14 heavy (non-hydrogen) atoms. The molecule has 2 nitrogen and oxygen atoms in total. The van der Waals surface area contributed by atoms with Gasteiger partial charge in [-0.25, -0.2) is 0 Å². The zero-order valence-electron chi connectivity index (χ0n) is 9.96.